The summed E-state index contributed by atoms with van der Waals surface area (Å²) in [6, 6.07) is 9.08. The highest BCUT2D eigenvalue weighted by Gasteiger charge is 2.26. The molecule has 3 aromatic rings. The number of rotatable bonds is 5. The number of benzene rings is 1. The molecule has 1 aliphatic heterocycles. The zero-order valence-corrected chi connectivity index (χ0v) is 15.9. The average molecular weight is 381 g/mol. The van der Waals surface area contributed by atoms with Gasteiger partial charge in [-0.2, -0.15) is 5.10 Å². The molecular formula is C20H23N5O3. The van der Waals surface area contributed by atoms with E-state index >= 15 is 0 Å². The van der Waals surface area contributed by atoms with E-state index in [4.69, 9.17) is 4.74 Å². The number of carbonyl (C=O) groups is 1. The Morgan fingerprint density at radius 3 is 2.93 bits per heavy atom. The van der Waals surface area contributed by atoms with E-state index in [2.05, 4.69) is 10.1 Å². The molecule has 2 aromatic heterocycles. The molecule has 1 atom stereocenters. The van der Waals surface area contributed by atoms with Crippen LogP contribution in [0.5, 0.6) is 5.75 Å². The minimum Gasteiger partial charge on any atom is -0.494 e. The van der Waals surface area contributed by atoms with Gasteiger partial charge in [-0.25, -0.2) is 4.98 Å². The minimum absolute atomic E-state index is 0.0415. The summed E-state index contributed by atoms with van der Waals surface area (Å²) in [6.45, 7) is 4.06. The van der Waals surface area contributed by atoms with Crippen LogP contribution in [0.4, 0.5) is 0 Å². The number of fused-ring (bicyclic) bond motifs is 1. The Balaban J connectivity index is 1.52. The molecule has 28 heavy (non-hydrogen) atoms. The highest BCUT2D eigenvalue weighted by atomic mass is 16.5. The molecule has 1 aromatic carbocycles. The van der Waals surface area contributed by atoms with Crippen molar-refractivity contribution in [3.63, 3.8) is 0 Å². The van der Waals surface area contributed by atoms with E-state index in [0.29, 0.717) is 49.1 Å². The van der Waals surface area contributed by atoms with Crippen LogP contribution in [0.1, 0.15) is 40.6 Å². The lowest BCUT2D eigenvalue weighted by atomic mass is 10.1. The van der Waals surface area contributed by atoms with Gasteiger partial charge < -0.3 is 19.3 Å². The molecule has 0 aliphatic carbocycles. The van der Waals surface area contributed by atoms with Crippen LogP contribution in [0.15, 0.2) is 42.7 Å². The van der Waals surface area contributed by atoms with Gasteiger partial charge in [-0.1, -0.05) is 6.07 Å². The molecule has 0 radical (unpaired) electrons. The number of aromatic nitrogens is 4. The molecule has 0 saturated carbocycles. The normalized spacial score (nSPS) is 14.6. The molecule has 1 aliphatic rings. The summed E-state index contributed by atoms with van der Waals surface area (Å²) in [6.07, 6.45) is 2.53. The molecule has 0 saturated heterocycles. The molecule has 0 fully saturated rings. The van der Waals surface area contributed by atoms with Gasteiger partial charge in [0.1, 0.15) is 11.6 Å². The zero-order chi connectivity index (χ0) is 19.7. The first-order chi connectivity index (χ1) is 13.6. The van der Waals surface area contributed by atoms with Crippen molar-refractivity contribution in [1.29, 1.82) is 0 Å². The smallest absolute Gasteiger partial charge is 0.254 e. The van der Waals surface area contributed by atoms with E-state index in [1.807, 2.05) is 36.9 Å². The van der Waals surface area contributed by atoms with Gasteiger partial charge in [0, 0.05) is 31.5 Å². The average Bonchev–Trinajstić information content (AvgIpc) is 3.32. The second-order valence-electron chi connectivity index (χ2n) is 6.77. The SMILES string of the molecule is CCOc1cccc(C(=O)N2CCn3nc([C@H](O)c4nccn4C)cc3C2)c1. The number of aliphatic hydroxyl groups excluding tert-OH is 1. The quantitative estimate of drug-likeness (QED) is 0.728. The van der Waals surface area contributed by atoms with E-state index in [1.54, 1.807) is 34.0 Å². The van der Waals surface area contributed by atoms with Crippen molar-refractivity contribution in [3.05, 3.63) is 65.5 Å². The second-order valence-corrected chi connectivity index (χ2v) is 6.77. The van der Waals surface area contributed by atoms with Gasteiger partial charge in [-0.05, 0) is 31.2 Å². The van der Waals surface area contributed by atoms with Crippen LogP contribution in [0.25, 0.3) is 0 Å². The van der Waals surface area contributed by atoms with Crippen molar-refractivity contribution in [2.24, 2.45) is 7.05 Å². The van der Waals surface area contributed by atoms with Gasteiger partial charge in [-0.15, -0.1) is 0 Å². The molecule has 8 heteroatoms. The van der Waals surface area contributed by atoms with Crippen LogP contribution < -0.4 is 4.74 Å². The van der Waals surface area contributed by atoms with Gasteiger partial charge in [0.15, 0.2) is 6.10 Å². The fourth-order valence-electron chi connectivity index (χ4n) is 3.44. The number of hydrogen-bond acceptors (Lipinski definition) is 5. The molecule has 1 N–H and O–H groups in total. The van der Waals surface area contributed by atoms with Crippen LogP contribution in [0, 0.1) is 0 Å². The number of amides is 1. The lowest BCUT2D eigenvalue weighted by Gasteiger charge is -2.27. The van der Waals surface area contributed by atoms with Crippen molar-refractivity contribution in [2.45, 2.75) is 26.1 Å². The number of aliphatic hydroxyl groups is 1. The highest BCUT2D eigenvalue weighted by Crippen LogP contribution is 2.24. The van der Waals surface area contributed by atoms with Gasteiger partial charge >= 0.3 is 0 Å². The summed E-state index contributed by atoms with van der Waals surface area (Å²) in [5.74, 6) is 1.19. The first-order valence-corrected chi connectivity index (χ1v) is 9.31. The van der Waals surface area contributed by atoms with Crippen LogP contribution in [-0.4, -0.2) is 48.4 Å². The number of nitrogens with zero attached hydrogens (tertiary/aromatic N) is 5. The summed E-state index contributed by atoms with van der Waals surface area (Å²) >= 11 is 0. The Bertz CT molecular complexity index is 993. The van der Waals surface area contributed by atoms with E-state index in [0.717, 1.165) is 5.69 Å². The van der Waals surface area contributed by atoms with Gasteiger partial charge in [0.2, 0.25) is 0 Å². The predicted molar refractivity (Wildman–Crippen MR) is 102 cm³/mol. The van der Waals surface area contributed by atoms with Gasteiger partial charge in [0.05, 0.1) is 31.1 Å². The lowest BCUT2D eigenvalue weighted by molar-refractivity contribution is 0.0705. The largest absolute Gasteiger partial charge is 0.494 e. The Labute approximate surface area is 163 Å². The molecule has 0 unspecified atom stereocenters. The molecule has 8 nitrogen and oxygen atoms in total. The summed E-state index contributed by atoms with van der Waals surface area (Å²) in [4.78, 5) is 18.9. The van der Waals surface area contributed by atoms with Crippen molar-refractivity contribution in [3.8, 4) is 5.75 Å². The minimum atomic E-state index is -0.898. The third-order valence-electron chi connectivity index (χ3n) is 4.88. The molecule has 146 valence electrons. The fourth-order valence-corrected chi connectivity index (χ4v) is 3.44. The Morgan fingerprint density at radius 1 is 1.32 bits per heavy atom. The monoisotopic (exact) mass is 381 g/mol. The maximum absolute atomic E-state index is 12.9. The zero-order valence-electron chi connectivity index (χ0n) is 15.9. The topological polar surface area (TPSA) is 85.4 Å². The second kappa shape index (κ2) is 7.47. The molecule has 4 rings (SSSR count). The van der Waals surface area contributed by atoms with E-state index < -0.39 is 6.10 Å². The van der Waals surface area contributed by atoms with Crippen molar-refractivity contribution >= 4 is 5.91 Å². The Hall–Kier alpha value is -3.13. The maximum Gasteiger partial charge on any atom is 0.254 e. The Morgan fingerprint density at radius 2 is 2.18 bits per heavy atom. The number of imidazole rings is 1. The molecular weight excluding hydrogens is 358 g/mol. The number of carbonyl (C=O) groups excluding carboxylic acids is 1. The number of ether oxygens (including phenoxy) is 1. The van der Waals surface area contributed by atoms with Crippen LogP contribution in [0.2, 0.25) is 0 Å². The molecule has 0 spiro atoms. The standard InChI is InChI=1S/C20H23N5O3/c1-3-28-16-6-4-5-14(11-16)20(27)24-9-10-25-15(13-24)12-17(22-25)18(26)19-21-7-8-23(19)2/h4-8,11-12,18,26H,3,9-10,13H2,1-2H3/t18-/m0/s1. The van der Waals surface area contributed by atoms with E-state index in [9.17, 15) is 9.90 Å². The van der Waals surface area contributed by atoms with Crippen molar-refractivity contribution in [2.75, 3.05) is 13.2 Å². The van der Waals surface area contributed by atoms with E-state index in [-0.39, 0.29) is 5.91 Å². The summed E-state index contributed by atoms with van der Waals surface area (Å²) in [7, 11) is 1.83. The summed E-state index contributed by atoms with van der Waals surface area (Å²) in [5, 5.41) is 15.1. The lowest BCUT2D eigenvalue weighted by Crippen LogP contribution is -2.38. The first-order valence-electron chi connectivity index (χ1n) is 9.31. The molecule has 1 amide bonds. The molecule has 3 heterocycles. The van der Waals surface area contributed by atoms with Crippen molar-refractivity contribution < 1.29 is 14.6 Å². The third-order valence-corrected chi connectivity index (χ3v) is 4.88. The van der Waals surface area contributed by atoms with Crippen LogP contribution in [0.3, 0.4) is 0 Å². The van der Waals surface area contributed by atoms with Crippen LogP contribution in [-0.2, 0) is 20.1 Å². The maximum atomic E-state index is 12.9. The summed E-state index contributed by atoms with van der Waals surface area (Å²) in [5.41, 5.74) is 2.04. The van der Waals surface area contributed by atoms with Gasteiger partial charge in [-0.3, -0.25) is 9.48 Å². The summed E-state index contributed by atoms with van der Waals surface area (Å²) < 4.78 is 9.11. The molecule has 0 bridgehead atoms. The first kappa shape index (κ1) is 18.2. The van der Waals surface area contributed by atoms with Crippen LogP contribution >= 0.6 is 0 Å². The predicted octanol–water partition coefficient (Wildman–Crippen LogP) is 1.75. The fraction of sp³-hybridized carbons (Fsp3) is 0.350. The van der Waals surface area contributed by atoms with Gasteiger partial charge in [0.25, 0.3) is 5.91 Å². The Kier molecular flexibility index (Phi) is 4.87. The van der Waals surface area contributed by atoms with E-state index in [1.165, 1.54) is 0 Å². The third kappa shape index (κ3) is 3.38. The highest BCUT2D eigenvalue weighted by molar-refractivity contribution is 5.94. The number of hydrogen-bond donors (Lipinski definition) is 1. The van der Waals surface area contributed by atoms with Crippen molar-refractivity contribution in [1.82, 2.24) is 24.2 Å². The number of aryl methyl sites for hydroxylation is 1.